The molecule has 0 aliphatic heterocycles. The number of nitrogens with zero attached hydrogens (tertiary/aromatic N) is 1. The minimum Gasteiger partial charge on any atom is -0.391 e. The van der Waals surface area contributed by atoms with Crippen LogP contribution in [0.1, 0.15) is 23.6 Å². The molecule has 2 aromatic rings. The van der Waals surface area contributed by atoms with Crippen molar-refractivity contribution in [3.63, 3.8) is 0 Å². The Labute approximate surface area is 116 Å². The third-order valence-corrected chi connectivity index (χ3v) is 2.95. The second-order valence-corrected chi connectivity index (χ2v) is 4.27. The molecule has 0 spiro atoms. The first-order chi connectivity index (χ1) is 9.72. The summed E-state index contributed by atoms with van der Waals surface area (Å²) < 4.78 is 26.3. The van der Waals surface area contributed by atoms with Gasteiger partial charge in [0.05, 0.1) is 6.21 Å². The van der Waals surface area contributed by atoms with Gasteiger partial charge in [0.1, 0.15) is 6.61 Å². The van der Waals surface area contributed by atoms with Crippen LogP contribution in [0.3, 0.4) is 0 Å². The normalized spacial score (nSPS) is 10.9. The number of aryl methyl sites for hydroxylation is 1. The lowest BCUT2D eigenvalue weighted by Crippen LogP contribution is -1.96. The fraction of sp³-hybridized carbons (Fsp3) is 0.188. The molecule has 104 valence electrons. The lowest BCUT2D eigenvalue weighted by Gasteiger charge is -2.03. The van der Waals surface area contributed by atoms with Crippen LogP contribution in [0.25, 0.3) is 0 Å². The van der Waals surface area contributed by atoms with Gasteiger partial charge in [0.25, 0.3) is 0 Å². The fourth-order valence-corrected chi connectivity index (χ4v) is 1.84. The summed E-state index contributed by atoms with van der Waals surface area (Å²) in [7, 11) is 0. The molecule has 4 heteroatoms. The zero-order valence-electron chi connectivity index (χ0n) is 11.1. The summed E-state index contributed by atoms with van der Waals surface area (Å²) in [5.41, 5.74) is 2.25. The van der Waals surface area contributed by atoms with E-state index in [-0.39, 0.29) is 12.2 Å². The summed E-state index contributed by atoms with van der Waals surface area (Å²) >= 11 is 0. The van der Waals surface area contributed by atoms with Crippen molar-refractivity contribution < 1.29 is 13.6 Å². The number of benzene rings is 2. The van der Waals surface area contributed by atoms with Crippen molar-refractivity contribution >= 4 is 6.21 Å². The van der Waals surface area contributed by atoms with E-state index in [2.05, 4.69) is 12.1 Å². The summed E-state index contributed by atoms with van der Waals surface area (Å²) in [5.74, 6) is -1.77. The lowest BCUT2D eigenvalue weighted by atomic mass is 10.1. The Hall–Kier alpha value is -2.23. The third kappa shape index (κ3) is 3.41. The number of oxime groups is 1. The van der Waals surface area contributed by atoms with Gasteiger partial charge in [-0.05, 0) is 23.6 Å². The molecule has 0 bridgehead atoms. The van der Waals surface area contributed by atoms with E-state index in [1.54, 1.807) is 6.21 Å². The van der Waals surface area contributed by atoms with Crippen LogP contribution in [0.15, 0.2) is 47.6 Å². The van der Waals surface area contributed by atoms with Crippen molar-refractivity contribution in [1.82, 2.24) is 0 Å². The van der Waals surface area contributed by atoms with E-state index in [1.165, 1.54) is 12.1 Å². The van der Waals surface area contributed by atoms with Gasteiger partial charge in [0.15, 0.2) is 11.6 Å². The van der Waals surface area contributed by atoms with Crippen LogP contribution in [0.4, 0.5) is 8.78 Å². The molecule has 2 rings (SSSR count). The van der Waals surface area contributed by atoms with Crippen LogP contribution in [0.5, 0.6) is 0 Å². The van der Waals surface area contributed by atoms with E-state index >= 15 is 0 Å². The molecule has 2 aromatic carbocycles. The maximum Gasteiger partial charge on any atom is 0.165 e. The zero-order valence-corrected chi connectivity index (χ0v) is 11.1. The van der Waals surface area contributed by atoms with Crippen LogP contribution >= 0.6 is 0 Å². The molecule has 0 aliphatic rings. The van der Waals surface area contributed by atoms with E-state index < -0.39 is 11.6 Å². The molecule has 0 amide bonds. The van der Waals surface area contributed by atoms with Gasteiger partial charge in [0.2, 0.25) is 0 Å². The molecule has 0 atom stereocenters. The number of hydrogen-bond donors (Lipinski definition) is 0. The average Bonchev–Trinajstić information content (AvgIpc) is 2.48. The molecule has 0 aliphatic carbocycles. The summed E-state index contributed by atoms with van der Waals surface area (Å²) in [4.78, 5) is 5.02. The smallest absolute Gasteiger partial charge is 0.165 e. The van der Waals surface area contributed by atoms with Crippen molar-refractivity contribution in [2.75, 3.05) is 0 Å². The lowest BCUT2D eigenvalue weighted by molar-refractivity contribution is 0.129. The highest BCUT2D eigenvalue weighted by Crippen LogP contribution is 2.12. The van der Waals surface area contributed by atoms with Crippen LogP contribution in [0, 0.1) is 11.6 Å². The summed E-state index contributed by atoms with van der Waals surface area (Å²) in [6.07, 6.45) is 2.47. The summed E-state index contributed by atoms with van der Waals surface area (Å²) in [6, 6.07) is 11.8. The Morgan fingerprint density at radius 2 is 1.80 bits per heavy atom. The Balaban J connectivity index is 1.99. The Bertz CT molecular complexity index is 611. The third-order valence-electron chi connectivity index (χ3n) is 2.95. The van der Waals surface area contributed by atoms with Crippen molar-refractivity contribution in [2.24, 2.45) is 5.16 Å². The second-order valence-electron chi connectivity index (χ2n) is 4.27. The van der Waals surface area contributed by atoms with Gasteiger partial charge >= 0.3 is 0 Å². The number of rotatable bonds is 5. The first kappa shape index (κ1) is 14.2. The fourth-order valence-electron chi connectivity index (χ4n) is 1.84. The van der Waals surface area contributed by atoms with Gasteiger partial charge in [-0.2, -0.15) is 0 Å². The molecule has 0 radical (unpaired) electrons. The summed E-state index contributed by atoms with van der Waals surface area (Å²) in [5, 5.41) is 3.80. The van der Waals surface area contributed by atoms with Gasteiger partial charge in [-0.15, -0.1) is 0 Å². The molecule has 0 heterocycles. The first-order valence-corrected chi connectivity index (χ1v) is 6.38. The van der Waals surface area contributed by atoms with Gasteiger partial charge in [0, 0.05) is 5.56 Å². The second kappa shape index (κ2) is 6.80. The quantitative estimate of drug-likeness (QED) is 0.595. The van der Waals surface area contributed by atoms with Crippen LogP contribution in [0.2, 0.25) is 0 Å². The van der Waals surface area contributed by atoms with Gasteiger partial charge in [-0.3, -0.25) is 0 Å². The maximum atomic E-state index is 13.4. The van der Waals surface area contributed by atoms with Crippen LogP contribution < -0.4 is 0 Å². The van der Waals surface area contributed by atoms with E-state index in [1.807, 2.05) is 24.3 Å². The molecule has 2 nitrogen and oxygen atoms in total. The van der Waals surface area contributed by atoms with Gasteiger partial charge in [-0.25, -0.2) is 8.78 Å². The topological polar surface area (TPSA) is 21.6 Å². The van der Waals surface area contributed by atoms with Crippen LogP contribution in [-0.2, 0) is 17.9 Å². The summed E-state index contributed by atoms with van der Waals surface area (Å²) in [6.45, 7) is 1.95. The molecular formula is C16H15F2NO. The minimum atomic E-state index is -0.892. The Morgan fingerprint density at radius 3 is 2.60 bits per heavy atom. The highest BCUT2D eigenvalue weighted by Gasteiger charge is 2.07. The maximum absolute atomic E-state index is 13.4. The molecule has 0 saturated heterocycles. The van der Waals surface area contributed by atoms with Gasteiger partial charge in [-0.1, -0.05) is 48.5 Å². The molecule has 20 heavy (non-hydrogen) atoms. The minimum absolute atomic E-state index is 0.103. The molecule has 0 saturated carbocycles. The largest absolute Gasteiger partial charge is 0.391 e. The predicted octanol–water partition coefficient (Wildman–Crippen LogP) is 4.08. The van der Waals surface area contributed by atoms with Gasteiger partial charge < -0.3 is 4.84 Å². The zero-order chi connectivity index (χ0) is 14.4. The molecular weight excluding hydrogens is 260 g/mol. The predicted molar refractivity (Wildman–Crippen MR) is 74.6 cm³/mol. The molecule has 0 unspecified atom stereocenters. The molecule has 0 fully saturated rings. The van der Waals surface area contributed by atoms with E-state index in [0.29, 0.717) is 0 Å². The molecule has 0 N–H and O–H groups in total. The number of halogens is 2. The molecule has 0 aromatic heterocycles. The van der Waals surface area contributed by atoms with Crippen molar-refractivity contribution in [1.29, 1.82) is 0 Å². The van der Waals surface area contributed by atoms with E-state index in [9.17, 15) is 8.78 Å². The van der Waals surface area contributed by atoms with Crippen molar-refractivity contribution in [2.45, 2.75) is 20.0 Å². The van der Waals surface area contributed by atoms with E-state index in [4.69, 9.17) is 4.84 Å². The standard InChI is InChI=1S/C16H15F2NO/c1-2-12-6-3-4-7-13(12)10-19-20-11-14-8-5-9-15(17)16(14)18/h3-10H,2,11H2,1H3. The van der Waals surface area contributed by atoms with Crippen LogP contribution in [-0.4, -0.2) is 6.21 Å². The Morgan fingerprint density at radius 1 is 1.05 bits per heavy atom. The Kier molecular flexibility index (Phi) is 4.82. The SMILES string of the molecule is CCc1ccccc1C=NOCc1cccc(F)c1F. The number of hydrogen-bond acceptors (Lipinski definition) is 2. The van der Waals surface area contributed by atoms with Crippen molar-refractivity contribution in [3.05, 3.63) is 70.8 Å². The van der Waals surface area contributed by atoms with E-state index in [0.717, 1.165) is 23.6 Å². The highest BCUT2D eigenvalue weighted by molar-refractivity contribution is 5.81. The van der Waals surface area contributed by atoms with Crippen molar-refractivity contribution in [3.8, 4) is 0 Å². The highest BCUT2D eigenvalue weighted by atomic mass is 19.2. The first-order valence-electron chi connectivity index (χ1n) is 6.38. The average molecular weight is 275 g/mol. The monoisotopic (exact) mass is 275 g/mol.